The first kappa shape index (κ1) is 13.3. The van der Waals surface area contributed by atoms with E-state index >= 15 is 0 Å². The molecule has 1 N–H and O–H groups in total. The average molecular weight is 301 g/mol. The molecule has 0 radical (unpaired) electrons. The first-order valence-corrected chi connectivity index (χ1v) is 8.24. The van der Waals surface area contributed by atoms with E-state index < -0.39 is 0 Å². The van der Waals surface area contributed by atoms with Crippen LogP contribution in [-0.4, -0.2) is 9.97 Å². The number of aryl methyl sites for hydroxylation is 2. The second-order valence-corrected chi connectivity index (χ2v) is 6.15. The predicted molar refractivity (Wildman–Crippen MR) is 87.1 cm³/mol. The van der Waals surface area contributed by atoms with Crippen molar-refractivity contribution in [3.05, 3.63) is 46.4 Å². The number of thiazole rings is 2. The van der Waals surface area contributed by atoms with Gasteiger partial charge in [0.2, 0.25) is 0 Å². The van der Waals surface area contributed by atoms with Gasteiger partial charge < -0.3 is 5.32 Å². The maximum absolute atomic E-state index is 4.66. The molecule has 0 aliphatic rings. The Kier molecular flexibility index (Phi) is 3.80. The topological polar surface area (TPSA) is 37.8 Å². The van der Waals surface area contributed by atoms with Crippen LogP contribution in [0.5, 0.6) is 0 Å². The standard InChI is InChI=1S/C15H15N3S2/c1-3-11-6-4-5-7-12(11)17-15-18-13(8-19-15)14-10(2)16-9-20-14/h4-9H,3H2,1-2H3,(H,17,18). The Morgan fingerprint density at radius 3 is 2.80 bits per heavy atom. The van der Waals surface area contributed by atoms with Crippen molar-refractivity contribution in [1.82, 2.24) is 9.97 Å². The van der Waals surface area contributed by atoms with Gasteiger partial charge in [-0.1, -0.05) is 25.1 Å². The summed E-state index contributed by atoms with van der Waals surface area (Å²) >= 11 is 3.26. The van der Waals surface area contributed by atoms with Crippen molar-refractivity contribution < 1.29 is 0 Å². The second kappa shape index (κ2) is 5.73. The zero-order valence-corrected chi connectivity index (χ0v) is 13.0. The molecule has 0 saturated carbocycles. The number of benzene rings is 1. The van der Waals surface area contributed by atoms with Crippen molar-refractivity contribution in [3.63, 3.8) is 0 Å². The monoisotopic (exact) mass is 301 g/mol. The van der Waals surface area contributed by atoms with E-state index in [1.54, 1.807) is 22.7 Å². The van der Waals surface area contributed by atoms with Crippen LogP contribution in [0.2, 0.25) is 0 Å². The Bertz CT molecular complexity index is 715. The summed E-state index contributed by atoms with van der Waals surface area (Å²) < 4.78 is 0. The lowest BCUT2D eigenvalue weighted by Gasteiger charge is -2.07. The maximum atomic E-state index is 4.66. The lowest BCUT2D eigenvalue weighted by Crippen LogP contribution is -1.94. The average Bonchev–Trinajstić information content (AvgIpc) is 3.08. The van der Waals surface area contributed by atoms with Gasteiger partial charge in [0.05, 0.1) is 21.8 Å². The van der Waals surface area contributed by atoms with Gasteiger partial charge in [-0.2, -0.15) is 0 Å². The van der Waals surface area contributed by atoms with Gasteiger partial charge in [-0.15, -0.1) is 22.7 Å². The number of anilines is 2. The summed E-state index contributed by atoms with van der Waals surface area (Å²) in [6.45, 7) is 4.18. The molecule has 3 aromatic rings. The summed E-state index contributed by atoms with van der Waals surface area (Å²) in [6.07, 6.45) is 1.01. The van der Waals surface area contributed by atoms with Crippen LogP contribution < -0.4 is 5.32 Å². The zero-order valence-electron chi connectivity index (χ0n) is 11.4. The third kappa shape index (κ3) is 2.59. The number of nitrogens with one attached hydrogen (secondary N) is 1. The summed E-state index contributed by atoms with van der Waals surface area (Å²) in [6, 6.07) is 8.35. The zero-order chi connectivity index (χ0) is 13.9. The molecule has 0 amide bonds. The van der Waals surface area contributed by atoms with Crippen LogP contribution in [0.1, 0.15) is 18.2 Å². The van der Waals surface area contributed by atoms with E-state index in [1.807, 2.05) is 18.5 Å². The normalized spacial score (nSPS) is 10.7. The fourth-order valence-corrected chi connectivity index (χ4v) is 3.60. The SMILES string of the molecule is CCc1ccccc1Nc1nc(-c2scnc2C)cs1. The second-order valence-electron chi connectivity index (χ2n) is 4.44. The number of rotatable bonds is 4. The van der Waals surface area contributed by atoms with Crippen LogP contribution in [0.25, 0.3) is 10.6 Å². The fraction of sp³-hybridized carbons (Fsp3) is 0.200. The van der Waals surface area contributed by atoms with Crippen molar-refractivity contribution in [3.8, 4) is 10.6 Å². The lowest BCUT2D eigenvalue weighted by atomic mass is 10.1. The number of aromatic nitrogens is 2. The predicted octanol–water partition coefficient (Wildman–Crippen LogP) is 4.88. The molecule has 2 aromatic heterocycles. The Morgan fingerprint density at radius 2 is 2.05 bits per heavy atom. The lowest BCUT2D eigenvalue weighted by molar-refractivity contribution is 1.14. The molecule has 0 aliphatic heterocycles. The van der Waals surface area contributed by atoms with Crippen molar-refractivity contribution in [2.24, 2.45) is 0 Å². The molecular formula is C15H15N3S2. The molecule has 0 atom stereocenters. The van der Waals surface area contributed by atoms with Crippen molar-refractivity contribution in [2.75, 3.05) is 5.32 Å². The summed E-state index contributed by atoms with van der Waals surface area (Å²) in [7, 11) is 0. The molecule has 0 saturated heterocycles. The minimum absolute atomic E-state index is 0.925. The molecule has 2 heterocycles. The molecule has 3 nitrogen and oxygen atoms in total. The van der Waals surface area contributed by atoms with Gasteiger partial charge in [0.15, 0.2) is 5.13 Å². The highest BCUT2D eigenvalue weighted by Crippen LogP contribution is 2.31. The van der Waals surface area contributed by atoms with Crippen LogP contribution in [-0.2, 0) is 6.42 Å². The van der Waals surface area contributed by atoms with E-state index in [-0.39, 0.29) is 0 Å². The summed E-state index contributed by atoms with van der Waals surface area (Å²) in [5.41, 5.74) is 6.35. The van der Waals surface area contributed by atoms with E-state index in [9.17, 15) is 0 Å². The molecule has 0 spiro atoms. The van der Waals surface area contributed by atoms with Crippen LogP contribution in [0, 0.1) is 6.92 Å². The van der Waals surface area contributed by atoms with Crippen molar-refractivity contribution >= 4 is 33.5 Å². The molecule has 5 heteroatoms. The van der Waals surface area contributed by atoms with Gasteiger partial charge in [0.25, 0.3) is 0 Å². The highest BCUT2D eigenvalue weighted by atomic mass is 32.1. The van der Waals surface area contributed by atoms with Crippen LogP contribution in [0.15, 0.2) is 35.2 Å². The number of nitrogens with zero attached hydrogens (tertiary/aromatic N) is 2. The molecule has 0 aliphatic carbocycles. The molecule has 102 valence electrons. The molecule has 1 aromatic carbocycles. The van der Waals surface area contributed by atoms with E-state index in [0.717, 1.165) is 33.5 Å². The first-order valence-electron chi connectivity index (χ1n) is 6.49. The third-order valence-electron chi connectivity index (χ3n) is 3.12. The Balaban J connectivity index is 1.86. The quantitative estimate of drug-likeness (QED) is 0.746. The van der Waals surface area contributed by atoms with Crippen molar-refractivity contribution in [2.45, 2.75) is 20.3 Å². The van der Waals surface area contributed by atoms with E-state index in [4.69, 9.17) is 0 Å². The third-order valence-corrected chi connectivity index (χ3v) is 4.83. The van der Waals surface area contributed by atoms with E-state index in [0.29, 0.717) is 0 Å². The Hall–Kier alpha value is -1.72. The summed E-state index contributed by atoms with van der Waals surface area (Å²) in [4.78, 5) is 10.1. The number of hydrogen-bond acceptors (Lipinski definition) is 5. The smallest absolute Gasteiger partial charge is 0.187 e. The van der Waals surface area contributed by atoms with Gasteiger partial charge >= 0.3 is 0 Å². The number of para-hydroxylation sites is 1. The highest BCUT2D eigenvalue weighted by Gasteiger charge is 2.10. The van der Waals surface area contributed by atoms with E-state index in [2.05, 4.69) is 45.8 Å². The van der Waals surface area contributed by atoms with Gasteiger partial charge in [0, 0.05) is 11.1 Å². The Morgan fingerprint density at radius 1 is 1.20 bits per heavy atom. The highest BCUT2D eigenvalue weighted by molar-refractivity contribution is 7.15. The molecule has 0 bridgehead atoms. The fourth-order valence-electron chi connectivity index (χ4n) is 2.05. The summed E-state index contributed by atoms with van der Waals surface area (Å²) in [5.74, 6) is 0. The largest absolute Gasteiger partial charge is 0.331 e. The van der Waals surface area contributed by atoms with Crippen LogP contribution in [0.3, 0.4) is 0 Å². The number of hydrogen-bond donors (Lipinski definition) is 1. The van der Waals surface area contributed by atoms with E-state index in [1.165, 1.54) is 5.56 Å². The van der Waals surface area contributed by atoms with Gasteiger partial charge in [-0.05, 0) is 25.0 Å². The van der Waals surface area contributed by atoms with Crippen LogP contribution >= 0.6 is 22.7 Å². The molecule has 0 unspecified atom stereocenters. The molecule has 0 fully saturated rings. The van der Waals surface area contributed by atoms with Gasteiger partial charge in [0.1, 0.15) is 0 Å². The minimum Gasteiger partial charge on any atom is -0.331 e. The first-order chi connectivity index (χ1) is 9.78. The molecular weight excluding hydrogens is 286 g/mol. The van der Waals surface area contributed by atoms with Gasteiger partial charge in [-0.3, -0.25) is 0 Å². The van der Waals surface area contributed by atoms with Crippen LogP contribution in [0.4, 0.5) is 10.8 Å². The summed E-state index contributed by atoms with van der Waals surface area (Å²) in [5, 5.41) is 6.42. The molecule has 3 rings (SSSR count). The molecule has 20 heavy (non-hydrogen) atoms. The minimum atomic E-state index is 0.925. The van der Waals surface area contributed by atoms with Crippen molar-refractivity contribution in [1.29, 1.82) is 0 Å². The Labute approximate surface area is 126 Å². The maximum Gasteiger partial charge on any atom is 0.187 e. The van der Waals surface area contributed by atoms with Gasteiger partial charge in [-0.25, -0.2) is 9.97 Å².